The van der Waals surface area contributed by atoms with Gasteiger partial charge in [-0.1, -0.05) is 62.3 Å². The first-order chi connectivity index (χ1) is 13.3. The number of hydrogen-bond acceptors (Lipinski definition) is 4. The summed E-state index contributed by atoms with van der Waals surface area (Å²) in [6.45, 7) is 32.4. The highest BCUT2D eigenvalue weighted by Crippen LogP contribution is 2.41. The molecule has 0 spiro atoms. The van der Waals surface area contributed by atoms with Crippen molar-refractivity contribution in [3.05, 3.63) is 0 Å². The Morgan fingerprint density at radius 2 is 1.06 bits per heavy atom. The zero-order valence-electron chi connectivity index (χ0n) is 23.7. The van der Waals surface area contributed by atoms with E-state index in [4.69, 9.17) is 11.7 Å². The van der Waals surface area contributed by atoms with Crippen LogP contribution < -0.4 is 11.7 Å². The van der Waals surface area contributed by atoms with E-state index in [1.807, 2.05) is 18.9 Å². The van der Waals surface area contributed by atoms with Gasteiger partial charge in [-0.25, -0.2) is 10.9 Å². The van der Waals surface area contributed by atoms with Gasteiger partial charge in [0.25, 0.3) is 0 Å². The molecule has 0 aromatic carbocycles. The molecule has 31 heavy (non-hydrogen) atoms. The van der Waals surface area contributed by atoms with E-state index in [2.05, 4.69) is 90.0 Å². The van der Waals surface area contributed by atoms with Crippen molar-refractivity contribution in [2.75, 3.05) is 0 Å². The van der Waals surface area contributed by atoms with E-state index in [0.29, 0.717) is 12.3 Å². The van der Waals surface area contributed by atoms with Gasteiger partial charge in [-0.15, -0.1) is 0 Å². The number of hydrazine groups is 2. The van der Waals surface area contributed by atoms with Crippen molar-refractivity contribution in [2.24, 2.45) is 33.8 Å². The quantitative estimate of drug-likeness (QED) is 0.243. The van der Waals surface area contributed by atoms with Crippen LogP contribution in [-0.2, 0) is 4.79 Å². The predicted molar refractivity (Wildman–Crippen MR) is 135 cm³/mol. The van der Waals surface area contributed by atoms with Crippen LogP contribution in [0.5, 0.6) is 0 Å². The van der Waals surface area contributed by atoms with Crippen LogP contribution in [0, 0.1) is 22.2 Å². The molecule has 0 unspecified atom stereocenters. The Morgan fingerprint density at radius 1 is 0.677 bits per heavy atom. The van der Waals surface area contributed by atoms with Crippen LogP contribution in [0.1, 0.15) is 123 Å². The second-order valence-corrected chi connectivity index (χ2v) is 14.6. The Hall–Kier alpha value is -0.650. The summed E-state index contributed by atoms with van der Waals surface area (Å²) in [7, 11) is 0. The third kappa shape index (κ3) is 8.33. The number of rotatable bonds is 10. The lowest BCUT2D eigenvalue weighted by Crippen LogP contribution is -2.63. The van der Waals surface area contributed by atoms with Gasteiger partial charge in [0.15, 0.2) is 0 Å². The lowest BCUT2D eigenvalue weighted by molar-refractivity contribution is -0.151. The molecule has 5 heteroatoms. The van der Waals surface area contributed by atoms with Gasteiger partial charge in [-0.2, -0.15) is 0 Å². The number of carbonyl (C=O) groups is 1. The Labute approximate surface area is 194 Å². The summed E-state index contributed by atoms with van der Waals surface area (Å²) in [5.74, 6) is 13.7. The van der Waals surface area contributed by atoms with Crippen LogP contribution in [-0.4, -0.2) is 32.5 Å². The molecule has 0 aromatic rings. The van der Waals surface area contributed by atoms with Crippen LogP contribution in [0.25, 0.3) is 0 Å². The summed E-state index contributed by atoms with van der Waals surface area (Å²) in [4.78, 5) is 13.6. The van der Waals surface area contributed by atoms with Gasteiger partial charge in [-0.05, 0) is 77.6 Å². The topological polar surface area (TPSA) is 75.6 Å². The fourth-order valence-electron chi connectivity index (χ4n) is 5.45. The fourth-order valence-corrected chi connectivity index (χ4v) is 5.45. The molecule has 0 atom stereocenters. The summed E-state index contributed by atoms with van der Waals surface area (Å²) in [5.41, 5.74) is -1.44. The van der Waals surface area contributed by atoms with Crippen LogP contribution in [0.3, 0.4) is 0 Å². The van der Waals surface area contributed by atoms with Gasteiger partial charge in [0.2, 0.25) is 5.91 Å². The smallest absolute Gasteiger partial charge is 0.242 e. The van der Waals surface area contributed by atoms with Crippen molar-refractivity contribution in [3.63, 3.8) is 0 Å². The molecule has 0 fully saturated rings. The molecule has 0 heterocycles. The standard InChI is InChI=1S/C26H56N4O/c1-19(2)22(6,7)17-24(10,11)29(27)20(31)23(8,9)18-26(14,15)30(28)25(12,13)16-21(3,4)5/h19H,16-18,27-28H2,1-15H3. The second kappa shape index (κ2) is 9.30. The monoisotopic (exact) mass is 440 g/mol. The van der Waals surface area contributed by atoms with Crippen molar-refractivity contribution >= 4 is 5.91 Å². The first kappa shape index (κ1) is 30.4. The van der Waals surface area contributed by atoms with Crippen molar-refractivity contribution < 1.29 is 4.79 Å². The van der Waals surface area contributed by atoms with E-state index in [9.17, 15) is 4.79 Å². The number of hydrogen-bond donors (Lipinski definition) is 2. The highest BCUT2D eigenvalue weighted by atomic mass is 16.2. The van der Waals surface area contributed by atoms with Crippen molar-refractivity contribution in [1.29, 1.82) is 0 Å². The van der Waals surface area contributed by atoms with Crippen LogP contribution in [0.2, 0.25) is 0 Å². The molecule has 1 amide bonds. The second-order valence-electron chi connectivity index (χ2n) is 14.6. The summed E-state index contributed by atoms with van der Waals surface area (Å²) >= 11 is 0. The van der Waals surface area contributed by atoms with Crippen molar-refractivity contribution in [2.45, 2.75) is 140 Å². The lowest BCUT2D eigenvalue weighted by atomic mass is 9.71. The molecule has 0 saturated heterocycles. The lowest BCUT2D eigenvalue weighted by Gasteiger charge is -2.51. The summed E-state index contributed by atoms with van der Waals surface area (Å²) in [6, 6.07) is 0. The molecule has 0 rings (SSSR count). The zero-order valence-corrected chi connectivity index (χ0v) is 23.7. The van der Waals surface area contributed by atoms with E-state index < -0.39 is 11.0 Å². The van der Waals surface area contributed by atoms with Gasteiger partial charge in [0.05, 0.1) is 5.54 Å². The molecule has 0 aliphatic rings. The Bertz CT molecular complexity index is 609. The van der Waals surface area contributed by atoms with Crippen LogP contribution in [0.4, 0.5) is 0 Å². The van der Waals surface area contributed by atoms with Crippen LogP contribution >= 0.6 is 0 Å². The maximum absolute atomic E-state index is 13.6. The van der Waals surface area contributed by atoms with E-state index in [1.54, 1.807) is 0 Å². The predicted octanol–water partition coefficient (Wildman–Crippen LogP) is 6.13. The van der Waals surface area contributed by atoms with E-state index in [-0.39, 0.29) is 27.8 Å². The van der Waals surface area contributed by atoms with E-state index in [0.717, 1.165) is 12.8 Å². The zero-order chi connectivity index (χ0) is 25.4. The van der Waals surface area contributed by atoms with Gasteiger partial charge in [0.1, 0.15) is 0 Å². The van der Waals surface area contributed by atoms with Crippen molar-refractivity contribution in [1.82, 2.24) is 10.0 Å². The number of nitrogens with two attached hydrogens (primary N) is 2. The molecule has 0 aromatic heterocycles. The minimum absolute atomic E-state index is 0.0350. The molecule has 4 N–H and O–H groups in total. The van der Waals surface area contributed by atoms with Crippen molar-refractivity contribution in [3.8, 4) is 0 Å². The molecule has 0 aliphatic carbocycles. The molecule has 0 saturated carbocycles. The number of carbonyl (C=O) groups excluding carboxylic acids is 1. The molecule has 5 nitrogen and oxygen atoms in total. The Morgan fingerprint density at radius 3 is 1.42 bits per heavy atom. The SMILES string of the molecule is CC(C)C(C)(C)CC(C)(C)N(N)C(=O)C(C)(C)CC(C)(C)N(N)C(C)(C)CC(C)(C)C. The highest BCUT2D eigenvalue weighted by Gasteiger charge is 2.46. The average molecular weight is 441 g/mol. The molecule has 0 radical (unpaired) electrons. The van der Waals surface area contributed by atoms with Gasteiger partial charge in [-0.3, -0.25) is 15.6 Å². The van der Waals surface area contributed by atoms with Crippen LogP contribution in [0.15, 0.2) is 0 Å². The number of amides is 1. The van der Waals surface area contributed by atoms with Gasteiger partial charge >= 0.3 is 0 Å². The normalized spacial score (nSPS) is 15.1. The Balaban J connectivity index is 5.64. The third-order valence-electron chi connectivity index (χ3n) is 7.04. The van der Waals surface area contributed by atoms with Gasteiger partial charge < -0.3 is 0 Å². The minimum atomic E-state index is -0.646. The summed E-state index contributed by atoms with van der Waals surface area (Å²) in [5, 5.41) is 3.43. The maximum atomic E-state index is 13.6. The van der Waals surface area contributed by atoms with E-state index >= 15 is 0 Å². The minimum Gasteiger partial charge on any atom is -0.275 e. The first-order valence-electron chi connectivity index (χ1n) is 11.9. The molecular weight excluding hydrogens is 384 g/mol. The summed E-state index contributed by atoms with van der Waals surface area (Å²) in [6.07, 6.45) is 2.40. The van der Waals surface area contributed by atoms with Gasteiger partial charge in [0, 0.05) is 16.5 Å². The fraction of sp³-hybridized carbons (Fsp3) is 0.962. The summed E-state index contributed by atoms with van der Waals surface area (Å²) < 4.78 is 0. The Kier molecular flexibility index (Phi) is 9.11. The molecule has 0 bridgehead atoms. The highest BCUT2D eigenvalue weighted by molar-refractivity contribution is 5.82. The third-order valence-corrected chi connectivity index (χ3v) is 7.04. The van der Waals surface area contributed by atoms with E-state index in [1.165, 1.54) is 5.01 Å². The largest absolute Gasteiger partial charge is 0.275 e. The maximum Gasteiger partial charge on any atom is 0.242 e. The molecule has 186 valence electrons. The molecule has 0 aliphatic heterocycles. The average Bonchev–Trinajstić information content (AvgIpc) is 2.48. The molecular formula is C26H56N4O. The first-order valence-corrected chi connectivity index (χ1v) is 11.9. The number of nitrogens with zero attached hydrogens (tertiary/aromatic N) is 2.